The highest BCUT2D eigenvalue weighted by atomic mass is 32.1. The molecule has 1 atom stereocenters. The third kappa shape index (κ3) is 3.00. The number of aromatic nitrogens is 1. The zero-order valence-corrected chi connectivity index (χ0v) is 11.8. The van der Waals surface area contributed by atoms with Crippen molar-refractivity contribution < 1.29 is 9.53 Å². The predicted molar refractivity (Wildman–Crippen MR) is 70.6 cm³/mol. The minimum atomic E-state index is -0.487. The van der Waals surface area contributed by atoms with Gasteiger partial charge in [-0.15, -0.1) is 0 Å². The Balaban J connectivity index is 2.10. The second kappa shape index (κ2) is 4.85. The van der Waals surface area contributed by atoms with Crippen molar-refractivity contribution in [2.45, 2.75) is 38.3 Å². The third-order valence-electron chi connectivity index (χ3n) is 2.82. The Morgan fingerprint density at radius 3 is 2.89 bits per heavy atom. The summed E-state index contributed by atoms with van der Waals surface area (Å²) in [7, 11) is 0. The molecular weight excluding hydrogens is 250 g/mol. The Labute approximate surface area is 111 Å². The first-order valence-electron chi connectivity index (χ1n) is 6.04. The van der Waals surface area contributed by atoms with E-state index in [1.807, 2.05) is 32.2 Å². The lowest BCUT2D eigenvalue weighted by molar-refractivity contribution is 0.0459. The van der Waals surface area contributed by atoms with E-state index in [4.69, 9.17) is 4.74 Å². The fraction of sp³-hybridized carbons (Fsp3) is 0.667. The zero-order valence-electron chi connectivity index (χ0n) is 10.9. The average molecular weight is 269 g/mol. The number of hydrogen-bond acceptors (Lipinski definition) is 5. The molecule has 0 aliphatic carbocycles. The van der Waals surface area contributed by atoms with Crippen molar-refractivity contribution in [3.05, 3.63) is 17.1 Å². The number of hydrogen-bond donors (Lipinski definition) is 2. The van der Waals surface area contributed by atoms with E-state index in [0.29, 0.717) is 6.54 Å². The van der Waals surface area contributed by atoms with Crippen LogP contribution in [-0.2, 0) is 10.3 Å². The van der Waals surface area contributed by atoms with Crippen LogP contribution in [-0.4, -0.2) is 29.2 Å². The lowest BCUT2D eigenvalue weighted by atomic mass is 9.94. The standard InChI is InChI=1S/C12H19N3O2S/c1-11(2,3)17-10(16)14-12(5-6-13-8-12)9-4-7-18-15-9/h4,7,13H,5-6,8H2,1-3H3,(H,14,16). The van der Waals surface area contributed by atoms with E-state index in [1.165, 1.54) is 11.5 Å². The van der Waals surface area contributed by atoms with Crippen LogP contribution in [0.2, 0.25) is 0 Å². The van der Waals surface area contributed by atoms with E-state index in [1.54, 1.807) is 0 Å². The Kier molecular flexibility index (Phi) is 3.59. The molecule has 100 valence electrons. The molecule has 0 bridgehead atoms. The summed E-state index contributed by atoms with van der Waals surface area (Å²) in [6, 6.07) is 1.95. The molecule has 2 N–H and O–H groups in total. The van der Waals surface area contributed by atoms with Crippen LogP contribution in [0.25, 0.3) is 0 Å². The summed E-state index contributed by atoms with van der Waals surface area (Å²) in [6.07, 6.45) is 0.440. The van der Waals surface area contributed by atoms with Crippen LogP contribution in [0.4, 0.5) is 4.79 Å². The van der Waals surface area contributed by atoms with Crippen molar-refractivity contribution in [3.8, 4) is 0 Å². The molecule has 1 unspecified atom stereocenters. The van der Waals surface area contributed by atoms with Crippen LogP contribution in [0.15, 0.2) is 11.4 Å². The zero-order chi connectivity index (χ0) is 13.2. The lowest BCUT2D eigenvalue weighted by Crippen LogP contribution is -2.49. The number of alkyl carbamates (subject to hydrolysis) is 1. The van der Waals surface area contributed by atoms with Gasteiger partial charge >= 0.3 is 6.09 Å². The molecule has 0 radical (unpaired) electrons. The number of ether oxygens (including phenoxy) is 1. The molecule has 1 fully saturated rings. The highest BCUT2D eigenvalue weighted by Crippen LogP contribution is 2.27. The summed E-state index contributed by atoms with van der Waals surface area (Å²) >= 11 is 1.40. The maximum Gasteiger partial charge on any atom is 0.408 e. The molecule has 5 nitrogen and oxygen atoms in total. The molecule has 0 saturated carbocycles. The summed E-state index contributed by atoms with van der Waals surface area (Å²) in [5.41, 5.74) is -0.00908. The fourth-order valence-electron chi connectivity index (χ4n) is 2.04. The van der Waals surface area contributed by atoms with Crippen LogP contribution in [0.3, 0.4) is 0 Å². The molecule has 6 heteroatoms. The molecule has 1 saturated heterocycles. The summed E-state index contributed by atoms with van der Waals surface area (Å²) in [4.78, 5) is 11.9. The van der Waals surface area contributed by atoms with Gasteiger partial charge in [0.2, 0.25) is 0 Å². The van der Waals surface area contributed by atoms with E-state index in [-0.39, 0.29) is 6.09 Å². The third-order valence-corrected chi connectivity index (χ3v) is 3.38. The fourth-order valence-corrected chi connectivity index (χ4v) is 2.64. The first-order valence-corrected chi connectivity index (χ1v) is 6.88. The Bertz CT molecular complexity index is 405. The SMILES string of the molecule is CC(C)(C)OC(=O)NC1(c2ccsn2)CCNC1. The smallest absolute Gasteiger partial charge is 0.408 e. The molecule has 2 heterocycles. The molecule has 0 aromatic carbocycles. The molecule has 1 aliphatic heterocycles. The van der Waals surface area contributed by atoms with Gasteiger partial charge in [0.1, 0.15) is 11.1 Å². The molecule has 1 aromatic heterocycles. The van der Waals surface area contributed by atoms with Gasteiger partial charge in [-0.05, 0) is 51.3 Å². The van der Waals surface area contributed by atoms with E-state index in [9.17, 15) is 4.79 Å². The van der Waals surface area contributed by atoms with Gasteiger partial charge in [-0.3, -0.25) is 0 Å². The highest BCUT2D eigenvalue weighted by Gasteiger charge is 2.39. The van der Waals surface area contributed by atoms with E-state index >= 15 is 0 Å². The molecule has 2 rings (SSSR count). The monoisotopic (exact) mass is 269 g/mol. The van der Waals surface area contributed by atoms with Crippen LogP contribution >= 0.6 is 11.5 Å². The van der Waals surface area contributed by atoms with Gasteiger partial charge in [0.15, 0.2) is 0 Å². The Morgan fingerprint density at radius 2 is 2.39 bits per heavy atom. The predicted octanol–water partition coefficient (Wildman–Crippen LogP) is 1.86. The molecule has 18 heavy (non-hydrogen) atoms. The summed E-state index contributed by atoms with van der Waals surface area (Å²) in [6.45, 7) is 7.13. The first kappa shape index (κ1) is 13.3. The van der Waals surface area contributed by atoms with Gasteiger partial charge in [-0.1, -0.05) is 0 Å². The van der Waals surface area contributed by atoms with Crippen molar-refractivity contribution in [1.29, 1.82) is 0 Å². The normalized spacial score (nSPS) is 23.9. The molecule has 0 spiro atoms. The van der Waals surface area contributed by atoms with Crippen molar-refractivity contribution in [2.24, 2.45) is 0 Å². The van der Waals surface area contributed by atoms with E-state index in [2.05, 4.69) is 15.0 Å². The van der Waals surface area contributed by atoms with Gasteiger partial charge in [-0.2, -0.15) is 4.37 Å². The number of amides is 1. The number of nitrogens with zero attached hydrogens (tertiary/aromatic N) is 1. The van der Waals surface area contributed by atoms with Crippen molar-refractivity contribution in [2.75, 3.05) is 13.1 Å². The second-order valence-electron chi connectivity index (χ2n) is 5.52. The second-order valence-corrected chi connectivity index (χ2v) is 6.19. The molecule has 1 aromatic rings. The topological polar surface area (TPSA) is 63.2 Å². The van der Waals surface area contributed by atoms with Crippen molar-refractivity contribution >= 4 is 17.6 Å². The number of rotatable bonds is 2. The maximum absolute atomic E-state index is 11.9. The number of nitrogens with one attached hydrogen (secondary N) is 2. The van der Waals surface area contributed by atoms with Gasteiger partial charge in [0.25, 0.3) is 0 Å². The van der Waals surface area contributed by atoms with Crippen LogP contribution < -0.4 is 10.6 Å². The summed E-state index contributed by atoms with van der Waals surface area (Å²) in [5, 5.41) is 8.16. The van der Waals surface area contributed by atoms with Crippen molar-refractivity contribution in [3.63, 3.8) is 0 Å². The molecular formula is C12H19N3O2S. The van der Waals surface area contributed by atoms with Crippen molar-refractivity contribution in [1.82, 2.24) is 15.0 Å². The van der Waals surface area contributed by atoms with Gasteiger partial charge in [0.05, 0.1) is 5.69 Å². The molecule has 1 aliphatic rings. The van der Waals surface area contributed by atoms with Gasteiger partial charge in [0, 0.05) is 11.9 Å². The number of carbonyl (C=O) groups is 1. The minimum Gasteiger partial charge on any atom is -0.444 e. The van der Waals surface area contributed by atoms with Gasteiger partial charge in [-0.25, -0.2) is 4.79 Å². The maximum atomic E-state index is 11.9. The van der Waals surface area contributed by atoms with Crippen LogP contribution in [0.1, 0.15) is 32.9 Å². The highest BCUT2D eigenvalue weighted by molar-refractivity contribution is 7.03. The number of carbonyl (C=O) groups excluding carboxylic acids is 1. The quantitative estimate of drug-likeness (QED) is 0.860. The van der Waals surface area contributed by atoms with Crippen LogP contribution in [0.5, 0.6) is 0 Å². The Hall–Kier alpha value is -1.14. The summed E-state index contributed by atoms with van der Waals surface area (Å²) < 4.78 is 9.67. The summed E-state index contributed by atoms with van der Waals surface area (Å²) in [5.74, 6) is 0. The lowest BCUT2D eigenvalue weighted by Gasteiger charge is -2.29. The first-order chi connectivity index (χ1) is 8.41. The van der Waals surface area contributed by atoms with E-state index < -0.39 is 11.1 Å². The van der Waals surface area contributed by atoms with Crippen LogP contribution in [0, 0.1) is 0 Å². The Morgan fingerprint density at radius 1 is 1.61 bits per heavy atom. The van der Waals surface area contributed by atoms with E-state index in [0.717, 1.165) is 18.7 Å². The molecule has 1 amide bonds. The van der Waals surface area contributed by atoms with Gasteiger partial charge < -0.3 is 15.4 Å². The minimum absolute atomic E-state index is 0.390. The average Bonchev–Trinajstić information content (AvgIpc) is 2.82. The largest absolute Gasteiger partial charge is 0.444 e.